The average molecular weight is 487 g/mol. The molecule has 0 spiro atoms. The Morgan fingerprint density at radius 3 is 2.31 bits per heavy atom. The van der Waals surface area contributed by atoms with Crippen LogP contribution in [0, 0.1) is 0 Å². The van der Waals surface area contributed by atoms with E-state index in [1.165, 1.54) is 0 Å². The van der Waals surface area contributed by atoms with Gasteiger partial charge in [0.25, 0.3) is 0 Å². The predicted molar refractivity (Wildman–Crippen MR) is 123 cm³/mol. The van der Waals surface area contributed by atoms with Crippen LogP contribution < -0.4 is 16.4 Å². The second kappa shape index (κ2) is 10.9. The fourth-order valence-electron chi connectivity index (χ4n) is 3.64. The molecule has 0 aliphatic carbocycles. The average Bonchev–Trinajstić information content (AvgIpc) is 2.78. The minimum atomic E-state index is -4.73. The number of carbonyl (C=O) groups excluding carboxylic acids is 1. The van der Waals surface area contributed by atoms with Crippen molar-refractivity contribution in [3.8, 4) is 0 Å². The molecule has 8 nitrogen and oxygen atoms in total. The van der Waals surface area contributed by atoms with Crippen LogP contribution in [0.4, 0.5) is 29.6 Å². The number of nitrogens with one attached hydrogen (secondary N) is 2. The lowest BCUT2D eigenvalue weighted by Gasteiger charge is -2.21. The molecule has 35 heavy (non-hydrogen) atoms. The van der Waals surface area contributed by atoms with E-state index in [0.717, 1.165) is 5.56 Å². The fraction of sp³-hybridized carbons (Fsp3) is 0.250. The number of amides is 2. The second-order valence-electron chi connectivity index (χ2n) is 7.97. The number of alkyl halides is 3. The van der Waals surface area contributed by atoms with Gasteiger partial charge in [0.2, 0.25) is 11.9 Å². The van der Waals surface area contributed by atoms with Crippen molar-refractivity contribution in [3.63, 3.8) is 0 Å². The predicted octanol–water partition coefficient (Wildman–Crippen LogP) is 4.77. The molecular weight excluding hydrogens is 463 g/mol. The number of aromatic nitrogens is 2. The van der Waals surface area contributed by atoms with Crippen molar-refractivity contribution < 1.29 is 27.9 Å². The molecule has 11 heteroatoms. The molecule has 3 rings (SSSR count). The third-order valence-electron chi connectivity index (χ3n) is 5.29. The van der Waals surface area contributed by atoms with Gasteiger partial charge in [-0.25, -0.2) is 14.8 Å². The van der Waals surface area contributed by atoms with Crippen LogP contribution in [0.3, 0.4) is 0 Å². The van der Waals surface area contributed by atoms with Gasteiger partial charge in [-0.15, -0.1) is 0 Å². The molecule has 1 aromatic heterocycles. The molecule has 2 unspecified atom stereocenters. The number of carboxylic acid groups (broad SMARTS) is 1. The van der Waals surface area contributed by atoms with E-state index in [9.17, 15) is 22.8 Å². The summed E-state index contributed by atoms with van der Waals surface area (Å²) >= 11 is 0. The summed E-state index contributed by atoms with van der Waals surface area (Å²) in [5.74, 6) is -1.74. The van der Waals surface area contributed by atoms with Gasteiger partial charge >= 0.3 is 12.3 Å². The van der Waals surface area contributed by atoms with E-state index in [1.54, 1.807) is 61.5 Å². The maximum Gasteiger partial charge on any atom is 0.419 e. The van der Waals surface area contributed by atoms with Crippen molar-refractivity contribution in [2.75, 3.05) is 5.32 Å². The first kappa shape index (κ1) is 25.5. The molecule has 0 radical (unpaired) electrons. The number of carbonyl (C=O) groups is 2. The fourth-order valence-corrected chi connectivity index (χ4v) is 3.64. The zero-order chi connectivity index (χ0) is 25.6. The van der Waals surface area contributed by atoms with Crippen LogP contribution in [0.1, 0.15) is 47.7 Å². The molecule has 0 saturated carbocycles. The number of hydrogen-bond acceptors (Lipinski definition) is 5. The smallest absolute Gasteiger partial charge is 0.419 e. The summed E-state index contributed by atoms with van der Waals surface area (Å²) in [6, 6.07) is 14.9. The Kier molecular flexibility index (Phi) is 7.90. The number of primary amides is 1. The van der Waals surface area contributed by atoms with E-state index in [-0.39, 0.29) is 24.5 Å². The van der Waals surface area contributed by atoms with Crippen LogP contribution in [-0.4, -0.2) is 27.1 Å². The zero-order valence-corrected chi connectivity index (χ0v) is 18.7. The van der Waals surface area contributed by atoms with E-state index in [0.29, 0.717) is 17.4 Å². The summed E-state index contributed by atoms with van der Waals surface area (Å²) < 4.78 is 41.4. The largest absolute Gasteiger partial charge is 0.465 e. The minimum absolute atomic E-state index is 0.0833. The highest BCUT2D eigenvalue weighted by Crippen LogP contribution is 2.37. The van der Waals surface area contributed by atoms with Crippen LogP contribution in [0.2, 0.25) is 0 Å². The first-order chi connectivity index (χ1) is 16.5. The Balaban J connectivity index is 1.93. The van der Waals surface area contributed by atoms with Gasteiger partial charge in [-0.3, -0.25) is 4.79 Å². The molecule has 5 N–H and O–H groups in total. The maximum atomic E-state index is 13.8. The number of rotatable bonds is 9. The number of benzene rings is 2. The van der Waals surface area contributed by atoms with Crippen molar-refractivity contribution in [1.82, 2.24) is 15.3 Å². The first-order valence-electron chi connectivity index (χ1n) is 10.7. The Morgan fingerprint density at radius 1 is 1.09 bits per heavy atom. The molecule has 0 fully saturated rings. The molecule has 2 atom stereocenters. The van der Waals surface area contributed by atoms with Gasteiger partial charge in [0.15, 0.2) is 0 Å². The monoisotopic (exact) mass is 487 g/mol. The first-order valence-corrected chi connectivity index (χ1v) is 10.7. The molecule has 0 aliphatic rings. The number of nitrogens with zero attached hydrogens (tertiary/aromatic N) is 2. The lowest BCUT2D eigenvalue weighted by molar-refractivity contribution is -0.139. The van der Waals surface area contributed by atoms with E-state index >= 15 is 0 Å². The highest BCUT2D eigenvalue weighted by atomic mass is 19.4. The van der Waals surface area contributed by atoms with E-state index in [1.807, 2.05) is 0 Å². The van der Waals surface area contributed by atoms with Crippen LogP contribution in [0.15, 0.2) is 60.8 Å². The number of anilines is 2. The summed E-state index contributed by atoms with van der Waals surface area (Å²) in [4.78, 5) is 30.5. The Hall–Kier alpha value is -4.15. The van der Waals surface area contributed by atoms with Crippen LogP contribution >= 0.6 is 0 Å². The van der Waals surface area contributed by atoms with Crippen molar-refractivity contribution >= 4 is 23.6 Å². The molecule has 2 amide bonds. The highest BCUT2D eigenvalue weighted by molar-refractivity contribution is 5.75. The standard InChI is InChI=1S/C24H24F3N5O3/c1-14(30-23(34)35)16-7-9-18(10-8-16)31-22-29-13-19(24(25,26)27)21(32-22)17(12-20(28)33)11-15-5-3-2-4-6-15/h2-10,13-14,17,30H,11-12H2,1H3,(H2,28,33)(H,34,35)(H,29,31,32). The minimum Gasteiger partial charge on any atom is -0.465 e. The third kappa shape index (κ3) is 7.16. The van der Waals surface area contributed by atoms with Gasteiger partial charge in [-0.1, -0.05) is 42.5 Å². The van der Waals surface area contributed by atoms with Gasteiger partial charge in [-0.2, -0.15) is 13.2 Å². The normalized spacial score (nSPS) is 13.0. The maximum absolute atomic E-state index is 13.8. The van der Waals surface area contributed by atoms with Crippen LogP contribution in [-0.2, 0) is 17.4 Å². The molecule has 0 aliphatic heterocycles. The molecular formula is C24H24F3N5O3. The molecule has 3 aromatic rings. The lowest BCUT2D eigenvalue weighted by Crippen LogP contribution is -2.24. The topological polar surface area (TPSA) is 130 Å². The summed E-state index contributed by atoms with van der Waals surface area (Å²) in [6.45, 7) is 1.67. The van der Waals surface area contributed by atoms with Crippen molar-refractivity contribution in [2.45, 2.75) is 37.9 Å². The van der Waals surface area contributed by atoms with E-state index in [2.05, 4.69) is 20.6 Å². The SMILES string of the molecule is CC(NC(=O)O)c1ccc(Nc2ncc(C(F)(F)F)c(C(CC(N)=O)Cc3ccccc3)n2)cc1. The van der Waals surface area contributed by atoms with Gasteiger partial charge in [0, 0.05) is 24.2 Å². The molecule has 2 aromatic carbocycles. The number of hydrogen-bond donors (Lipinski definition) is 4. The lowest BCUT2D eigenvalue weighted by atomic mass is 9.90. The highest BCUT2D eigenvalue weighted by Gasteiger charge is 2.37. The Bertz CT molecular complexity index is 1170. The summed E-state index contributed by atoms with van der Waals surface area (Å²) in [5.41, 5.74) is 5.90. The van der Waals surface area contributed by atoms with Crippen molar-refractivity contribution in [3.05, 3.63) is 83.2 Å². The van der Waals surface area contributed by atoms with E-state index < -0.39 is 35.7 Å². The summed E-state index contributed by atoms with van der Waals surface area (Å²) in [6.07, 6.45) is -5.39. The Morgan fingerprint density at radius 2 is 1.74 bits per heavy atom. The number of nitrogens with two attached hydrogens (primary N) is 1. The third-order valence-corrected chi connectivity index (χ3v) is 5.29. The zero-order valence-electron chi connectivity index (χ0n) is 18.7. The Labute approximate surface area is 199 Å². The molecule has 184 valence electrons. The van der Waals surface area contributed by atoms with Crippen molar-refractivity contribution in [2.24, 2.45) is 5.73 Å². The second-order valence-corrected chi connectivity index (χ2v) is 7.97. The van der Waals surface area contributed by atoms with Gasteiger partial charge < -0.3 is 21.5 Å². The summed E-state index contributed by atoms with van der Waals surface area (Å²) in [7, 11) is 0. The van der Waals surface area contributed by atoms with Gasteiger partial charge in [0.05, 0.1) is 17.3 Å². The molecule has 0 saturated heterocycles. The van der Waals surface area contributed by atoms with Gasteiger partial charge in [0.1, 0.15) is 0 Å². The van der Waals surface area contributed by atoms with E-state index in [4.69, 9.17) is 10.8 Å². The number of halogens is 3. The quantitative estimate of drug-likeness (QED) is 0.344. The van der Waals surface area contributed by atoms with Crippen molar-refractivity contribution in [1.29, 1.82) is 0 Å². The molecule has 0 bridgehead atoms. The summed E-state index contributed by atoms with van der Waals surface area (Å²) in [5, 5.41) is 14.0. The van der Waals surface area contributed by atoms with Gasteiger partial charge in [-0.05, 0) is 36.6 Å². The van der Waals surface area contributed by atoms with Crippen LogP contribution in [0.25, 0.3) is 0 Å². The van der Waals surface area contributed by atoms with Crippen LogP contribution in [0.5, 0.6) is 0 Å². The molecule has 1 heterocycles.